The highest BCUT2D eigenvalue weighted by Crippen LogP contribution is 2.43. The van der Waals surface area contributed by atoms with E-state index in [4.69, 9.17) is 9.05 Å². The summed E-state index contributed by atoms with van der Waals surface area (Å²) in [7, 11) is 1.51. The number of quaternary nitrogens is 1. The van der Waals surface area contributed by atoms with Crippen LogP contribution in [0, 0.1) is 0 Å². The molecule has 0 fully saturated rings. The number of aliphatic hydroxyl groups excluding tert-OH is 1. The van der Waals surface area contributed by atoms with E-state index in [0.29, 0.717) is 17.4 Å². The Hall–Kier alpha value is -2.06. The molecule has 3 unspecified atom stereocenters. The molecule has 0 spiro atoms. The number of hydrogen-bond donors (Lipinski definition) is 3. The van der Waals surface area contributed by atoms with Gasteiger partial charge in [-0.25, -0.2) is 4.57 Å². The number of rotatable bonds is 49. The first-order valence-corrected chi connectivity index (χ1v) is 28.8. The van der Waals surface area contributed by atoms with Crippen molar-refractivity contribution in [3.8, 4) is 0 Å². The number of nitrogens with zero attached hydrogens (tertiary/aromatic N) is 1. The Bertz CT molecular complexity index is 1300. The number of hydrogen-bond acceptors (Lipinski definition) is 5. The van der Waals surface area contributed by atoms with Gasteiger partial charge in [0.2, 0.25) is 5.91 Å². The van der Waals surface area contributed by atoms with Crippen LogP contribution in [0.25, 0.3) is 0 Å². The number of phosphoric acid groups is 1. The van der Waals surface area contributed by atoms with Crippen molar-refractivity contribution in [1.82, 2.24) is 5.32 Å². The SMILES string of the molecule is CC/C=C\C/C=C\C/C=C\C/C=C\C/C=C\CC(=O)NC(COP(=O)(O)OCC[N+](C)(C)C)C(O)/C=C/CCCCCCCCCCCCCCCCCCCCCCCCCCCCC. The molecule has 66 heavy (non-hydrogen) atoms. The number of aliphatic hydroxyl groups is 1. The maximum atomic E-state index is 12.9. The van der Waals surface area contributed by atoms with E-state index < -0.39 is 20.0 Å². The van der Waals surface area contributed by atoms with Crippen molar-refractivity contribution in [1.29, 1.82) is 0 Å². The Morgan fingerprint density at radius 2 is 0.894 bits per heavy atom. The molecule has 3 N–H and O–H groups in total. The van der Waals surface area contributed by atoms with Crippen molar-refractivity contribution < 1.29 is 32.9 Å². The van der Waals surface area contributed by atoms with E-state index in [1.54, 1.807) is 12.2 Å². The Morgan fingerprint density at radius 3 is 1.27 bits per heavy atom. The number of nitrogens with one attached hydrogen (secondary N) is 1. The second-order valence-corrected chi connectivity index (χ2v) is 21.1. The van der Waals surface area contributed by atoms with Crippen molar-refractivity contribution in [3.63, 3.8) is 0 Å². The van der Waals surface area contributed by atoms with Gasteiger partial charge in [-0.2, -0.15) is 0 Å². The van der Waals surface area contributed by atoms with E-state index in [2.05, 4.69) is 67.8 Å². The molecule has 0 saturated carbocycles. The second kappa shape index (κ2) is 48.0. The molecular weight excluding hydrogens is 840 g/mol. The zero-order valence-corrected chi connectivity index (χ0v) is 44.6. The summed E-state index contributed by atoms with van der Waals surface area (Å²) in [6.45, 7) is 4.63. The normalized spacial score (nSPS) is 14.6. The standard InChI is InChI=1S/C57H105N2O6P/c1-6-8-10-12-14-16-18-20-22-23-24-25-26-27-28-29-30-31-32-33-34-35-37-38-40-42-44-46-48-50-56(60)55(54-65-66(62,63)64-53-52-59(3,4)5)58-57(61)51-49-47-45-43-41-39-36-21-19-17-15-13-11-9-7-2/h9,11,15,17,21,36,41,43,47-50,55-56,60H,6-8,10,12-14,16,18-20,22-35,37-40,42,44-46,51-54H2,1-5H3,(H-,58,61,62,63)/p+1/b11-9-,17-15-,36-21-,43-41-,49-47-,50-48+. The topological polar surface area (TPSA) is 105 Å². The highest BCUT2D eigenvalue weighted by molar-refractivity contribution is 7.47. The molecule has 0 radical (unpaired) electrons. The predicted octanol–water partition coefficient (Wildman–Crippen LogP) is 16.3. The molecular formula is C57H106N2O6P+. The van der Waals surface area contributed by atoms with Crippen LogP contribution in [-0.4, -0.2) is 73.4 Å². The van der Waals surface area contributed by atoms with Crippen LogP contribution in [0.15, 0.2) is 72.9 Å². The maximum Gasteiger partial charge on any atom is 0.472 e. The van der Waals surface area contributed by atoms with E-state index >= 15 is 0 Å². The van der Waals surface area contributed by atoms with Gasteiger partial charge in [0, 0.05) is 6.42 Å². The fourth-order valence-electron chi connectivity index (χ4n) is 7.70. The van der Waals surface area contributed by atoms with E-state index in [1.165, 1.54) is 161 Å². The first-order chi connectivity index (χ1) is 32.0. The third-order valence-electron chi connectivity index (χ3n) is 12.0. The van der Waals surface area contributed by atoms with Gasteiger partial charge in [0.25, 0.3) is 0 Å². The van der Waals surface area contributed by atoms with Crippen molar-refractivity contribution in [3.05, 3.63) is 72.9 Å². The van der Waals surface area contributed by atoms with Crippen LogP contribution in [0.2, 0.25) is 0 Å². The highest BCUT2D eigenvalue weighted by Gasteiger charge is 2.27. The molecule has 9 heteroatoms. The predicted molar refractivity (Wildman–Crippen MR) is 286 cm³/mol. The monoisotopic (exact) mass is 946 g/mol. The molecule has 0 bridgehead atoms. The molecule has 0 aromatic heterocycles. The molecule has 0 aliphatic heterocycles. The first kappa shape index (κ1) is 63.9. The van der Waals surface area contributed by atoms with Crippen molar-refractivity contribution in [2.24, 2.45) is 0 Å². The molecule has 0 saturated heterocycles. The van der Waals surface area contributed by atoms with Crippen LogP contribution in [0.1, 0.15) is 232 Å². The van der Waals surface area contributed by atoms with Crippen LogP contribution >= 0.6 is 7.82 Å². The molecule has 0 aliphatic rings. The highest BCUT2D eigenvalue weighted by atomic mass is 31.2. The molecule has 384 valence electrons. The minimum absolute atomic E-state index is 0.0421. The van der Waals surface area contributed by atoms with Gasteiger partial charge < -0.3 is 19.8 Å². The molecule has 3 atom stereocenters. The lowest BCUT2D eigenvalue weighted by atomic mass is 10.0. The molecule has 0 aromatic rings. The van der Waals surface area contributed by atoms with Crippen LogP contribution in [0.3, 0.4) is 0 Å². The summed E-state index contributed by atoms with van der Waals surface area (Å²) >= 11 is 0. The zero-order valence-electron chi connectivity index (χ0n) is 43.7. The Labute approximate surface area is 408 Å². The maximum absolute atomic E-state index is 12.9. The van der Waals surface area contributed by atoms with Gasteiger partial charge >= 0.3 is 7.82 Å². The third kappa shape index (κ3) is 49.8. The summed E-state index contributed by atoms with van der Waals surface area (Å²) in [5.74, 6) is -0.304. The summed E-state index contributed by atoms with van der Waals surface area (Å²) in [6.07, 6.45) is 66.2. The smallest absolute Gasteiger partial charge is 0.387 e. The van der Waals surface area contributed by atoms with Crippen LogP contribution < -0.4 is 5.32 Å². The number of phosphoric ester groups is 1. The molecule has 1 amide bonds. The number of likely N-dealkylation sites (N-methyl/N-ethyl adjacent to an activating group) is 1. The number of carbonyl (C=O) groups is 1. The number of carbonyl (C=O) groups excluding carboxylic acids is 1. The summed E-state index contributed by atoms with van der Waals surface area (Å²) < 4.78 is 23.6. The molecule has 0 heterocycles. The van der Waals surface area contributed by atoms with Crippen molar-refractivity contribution in [2.45, 2.75) is 244 Å². The van der Waals surface area contributed by atoms with E-state index in [-0.39, 0.29) is 25.5 Å². The largest absolute Gasteiger partial charge is 0.472 e. The first-order valence-electron chi connectivity index (χ1n) is 27.3. The van der Waals surface area contributed by atoms with Gasteiger partial charge in [-0.15, -0.1) is 0 Å². The van der Waals surface area contributed by atoms with Gasteiger partial charge in [0.15, 0.2) is 0 Å². The fraction of sp³-hybridized carbons (Fsp3) is 0.772. The third-order valence-corrected chi connectivity index (χ3v) is 12.9. The number of allylic oxidation sites excluding steroid dienone is 10. The lowest BCUT2D eigenvalue weighted by Gasteiger charge is -2.25. The van der Waals surface area contributed by atoms with Gasteiger partial charge in [0.1, 0.15) is 13.2 Å². The Balaban J connectivity index is 4.23. The van der Waals surface area contributed by atoms with Crippen LogP contribution in [-0.2, 0) is 18.4 Å². The van der Waals surface area contributed by atoms with Crippen molar-refractivity contribution >= 4 is 13.7 Å². The summed E-state index contributed by atoms with van der Waals surface area (Å²) in [5, 5.41) is 13.8. The summed E-state index contributed by atoms with van der Waals surface area (Å²) in [6, 6.07) is -0.905. The average Bonchev–Trinajstić information content (AvgIpc) is 3.28. The minimum Gasteiger partial charge on any atom is -0.387 e. The van der Waals surface area contributed by atoms with Gasteiger partial charge in [-0.1, -0.05) is 254 Å². The summed E-state index contributed by atoms with van der Waals surface area (Å²) in [5.41, 5.74) is 0. The Morgan fingerprint density at radius 1 is 0.530 bits per heavy atom. The van der Waals surface area contributed by atoms with Gasteiger partial charge in [-0.3, -0.25) is 13.8 Å². The van der Waals surface area contributed by atoms with Gasteiger partial charge in [0.05, 0.1) is 39.9 Å². The number of unbranched alkanes of at least 4 members (excludes halogenated alkanes) is 27. The van der Waals surface area contributed by atoms with E-state index in [0.717, 1.165) is 44.9 Å². The lowest BCUT2D eigenvalue weighted by molar-refractivity contribution is -0.870. The van der Waals surface area contributed by atoms with Gasteiger partial charge in [-0.05, 0) is 44.9 Å². The van der Waals surface area contributed by atoms with Crippen LogP contribution in [0.5, 0.6) is 0 Å². The quantitative estimate of drug-likeness (QED) is 0.0243. The molecule has 0 aromatic carbocycles. The average molecular weight is 946 g/mol. The molecule has 0 rings (SSSR count). The fourth-order valence-corrected chi connectivity index (χ4v) is 8.43. The minimum atomic E-state index is -4.37. The Kier molecular flexibility index (Phi) is 46.5. The molecule has 0 aliphatic carbocycles. The van der Waals surface area contributed by atoms with Crippen molar-refractivity contribution in [2.75, 3.05) is 40.9 Å². The summed E-state index contributed by atoms with van der Waals surface area (Å²) in [4.78, 5) is 23.1. The van der Waals surface area contributed by atoms with Crippen LogP contribution in [0.4, 0.5) is 0 Å². The number of amides is 1. The zero-order chi connectivity index (χ0) is 48.5. The molecule has 8 nitrogen and oxygen atoms in total. The van der Waals surface area contributed by atoms with E-state index in [1.807, 2.05) is 33.3 Å². The second-order valence-electron chi connectivity index (χ2n) is 19.6. The lowest BCUT2D eigenvalue weighted by Crippen LogP contribution is -2.45. The van der Waals surface area contributed by atoms with E-state index in [9.17, 15) is 19.4 Å².